The first-order chi connectivity index (χ1) is 11.9. The molecule has 0 radical (unpaired) electrons. The first-order valence-corrected chi connectivity index (χ1v) is 8.98. The Labute approximate surface area is 144 Å². The lowest BCUT2D eigenvalue weighted by molar-refractivity contribution is -0.385. The number of nitrogens with one attached hydrogen (secondary N) is 1. The molecule has 1 N–H and O–H groups in total. The molecule has 0 spiro atoms. The molecule has 132 valence electrons. The normalized spacial score (nSPS) is 13.5. The number of benzene rings is 2. The van der Waals surface area contributed by atoms with Crippen LogP contribution < -0.4 is 14.2 Å². The number of aryl methyl sites for hydroxylation is 1. The van der Waals surface area contributed by atoms with Gasteiger partial charge in [0.1, 0.15) is 13.2 Å². The smallest absolute Gasteiger partial charge is 0.270 e. The lowest BCUT2D eigenvalue weighted by Gasteiger charge is -2.19. The second kappa shape index (κ2) is 6.69. The third-order valence-electron chi connectivity index (χ3n) is 3.74. The van der Waals surface area contributed by atoms with Gasteiger partial charge in [-0.05, 0) is 30.2 Å². The predicted molar refractivity (Wildman–Crippen MR) is 89.3 cm³/mol. The van der Waals surface area contributed by atoms with E-state index in [0.717, 1.165) is 6.07 Å². The van der Waals surface area contributed by atoms with Crippen LogP contribution in [-0.4, -0.2) is 26.6 Å². The van der Waals surface area contributed by atoms with Gasteiger partial charge in [-0.1, -0.05) is 12.1 Å². The molecular formula is C16H16N2O6S. The number of nitrogens with zero attached hydrogens (tertiary/aromatic N) is 1. The molecule has 0 amide bonds. The van der Waals surface area contributed by atoms with Gasteiger partial charge in [0.15, 0.2) is 11.5 Å². The number of non-ortho nitro benzene ring substituents is 1. The minimum Gasteiger partial charge on any atom is -0.486 e. The average molecular weight is 364 g/mol. The molecule has 0 atom stereocenters. The summed E-state index contributed by atoms with van der Waals surface area (Å²) in [6, 6.07) is 8.90. The number of hydrogen-bond acceptors (Lipinski definition) is 6. The maximum atomic E-state index is 12.5. The van der Waals surface area contributed by atoms with Crippen molar-refractivity contribution in [1.29, 1.82) is 0 Å². The van der Waals surface area contributed by atoms with E-state index in [9.17, 15) is 18.5 Å². The monoisotopic (exact) mass is 364 g/mol. The van der Waals surface area contributed by atoms with Gasteiger partial charge in [0.2, 0.25) is 10.0 Å². The van der Waals surface area contributed by atoms with E-state index < -0.39 is 14.9 Å². The van der Waals surface area contributed by atoms with Crippen LogP contribution in [0.5, 0.6) is 11.5 Å². The van der Waals surface area contributed by atoms with Crippen molar-refractivity contribution in [3.05, 3.63) is 57.6 Å². The molecule has 0 saturated carbocycles. The highest BCUT2D eigenvalue weighted by Crippen LogP contribution is 2.31. The van der Waals surface area contributed by atoms with Crippen molar-refractivity contribution < 1.29 is 22.8 Å². The Bertz CT molecular complexity index is 926. The molecule has 9 heteroatoms. The molecule has 1 aliphatic heterocycles. The maximum Gasteiger partial charge on any atom is 0.270 e. The van der Waals surface area contributed by atoms with Crippen LogP contribution in [0.1, 0.15) is 11.1 Å². The number of sulfonamides is 1. The van der Waals surface area contributed by atoms with Gasteiger partial charge in [-0.15, -0.1) is 0 Å². The van der Waals surface area contributed by atoms with Gasteiger partial charge in [0.25, 0.3) is 5.69 Å². The van der Waals surface area contributed by atoms with Crippen molar-refractivity contribution in [1.82, 2.24) is 4.72 Å². The summed E-state index contributed by atoms with van der Waals surface area (Å²) in [5.74, 6) is 1.18. The molecule has 8 nitrogen and oxygen atoms in total. The summed E-state index contributed by atoms with van der Waals surface area (Å²) < 4.78 is 38.3. The SMILES string of the molecule is Cc1ccc([N+](=O)[O-])cc1S(=O)(=O)NCc1ccc2c(c1)OCCO2. The summed E-state index contributed by atoms with van der Waals surface area (Å²) in [6.07, 6.45) is 0. The van der Waals surface area contributed by atoms with E-state index in [1.807, 2.05) is 0 Å². The molecule has 1 aliphatic rings. The van der Waals surface area contributed by atoms with Crippen LogP contribution in [0.4, 0.5) is 5.69 Å². The minimum atomic E-state index is -3.89. The fourth-order valence-corrected chi connectivity index (χ4v) is 3.73. The van der Waals surface area contributed by atoms with Crippen LogP contribution in [0.2, 0.25) is 0 Å². The quantitative estimate of drug-likeness (QED) is 0.643. The third kappa shape index (κ3) is 3.72. The Morgan fingerprint density at radius 1 is 1.12 bits per heavy atom. The second-order valence-corrected chi connectivity index (χ2v) is 7.24. The third-order valence-corrected chi connectivity index (χ3v) is 5.29. The van der Waals surface area contributed by atoms with Crippen molar-refractivity contribution in [3.8, 4) is 11.5 Å². The predicted octanol–water partition coefficient (Wildman–Crippen LogP) is 2.15. The number of nitro groups is 1. The molecule has 0 bridgehead atoms. The van der Waals surface area contributed by atoms with Gasteiger partial charge in [-0.3, -0.25) is 10.1 Å². The maximum absolute atomic E-state index is 12.5. The molecule has 3 rings (SSSR count). The Balaban J connectivity index is 1.80. The molecule has 0 fully saturated rings. The van der Waals surface area contributed by atoms with Gasteiger partial charge >= 0.3 is 0 Å². The first kappa shape index (κ1) is 17.2. The van der Waals surface area contributed by atoms with Crippen LogP contribution in [0.3, 0.4) is 0 Å². The number of nitro benzene ring substituents is 1. The Kier molecular flexibility index (Phi) is 4.60. The van der Waals surface area contributed by atoms with Gasteiger partial charge in [0, 0.05) is 18.7 Å². The Morgan fingerprint density at radius 3 is 2.56 bits per heavy atom. The van der Waals surface area contributed by atoms with E-state index in [1.165, 1.54) is 12.1 Å². The second-order valence-electron chi connectivity index (χ2n) is 5.51. The molecule has 1 heterocycles. The van der Waals surface area contributed by atoms with Crippen molar-refractivity contribution in [2.24, 2.45) is 0 Å². The van der Waals surface area contributed by atoms with E-state index in [0.29, 0.717) is 35.8 Å². The zero-order valence-corrected chi connectivity index (χ0v) is 14.2. The summed E-state index contributed by atoms with van der Waals surface area (Å²) in [6.45, 7) is 2.53. The van der Waals surface area contributed by atoms with Gasteiger partial charge in [-0.25, -0.2) is 13.1 Å². The van der Waals surface area contributed by atoms with Gasteiger partial charge < -0.3 is 9.47 Å². The van der Waals surface area contributed by atoms with E-state index in [-0.39, 0.29) is 17.1 Å². The summed E-state index contributed by atoms with van der Waals surface area (Å²) >= 11 is 0. The zero-order chi connectivity index (χ0) is 18.0. The van der Waals surface area contributed by atoms with Crippen LogP contribution in [0, 0.1) is 17.0 Å². The highest BCUT2D eigenvalue weighted by atomic mass is 32.2. The summed E-state index contributed by atoms with van der Waals surface area (Å²) in [5, 5.41) is 10.9. The molecule has 0 unspecified atom stereocenters. The van der Waals surface area contributed by atoms with E-state index in [1.54, 1.807) is 25.1 Å². The summed E-state index contributed by atoms with van der Waals surface area (Å²) in [5.41, 5.74) is 0.849. The van der Waals surface area contributed by atoms with Crippen LogP contribution in [0.25, 0.3) is 0 Å². The fourth-order valence-electron chi connectivity index (χ4n) is 2.45. The lowest BCUT2D eigenvalue weighted by atomic mass is 10.2. The number of fused-ring (bicyclic) bond motifs is 1. The highest BCUT2D eigenvalue weighted by molar-refractivity contribution is 7.89. The van der Waals surface area contributed by atoms with E-state index in [4.69, 9.17) is 9.47 Å². The molecule has 25 heavy (non-hydrogen) atoms. The average Bonchev–Trinajstić information content (AvgIpc) is 2.60. The molecule has 2 aromatic rings. The van der Waals surface area contributed by atoms with E-state index >= 15 is 0 Å². The van der Waals surface area contributed by atoms with Crippen LogP contribution in [-0.2, 0) is 16.6 Å². The fraction of sp³-hybridized carbons (Fsp3) is 0.250. The molecule has 0 aliphatic carbocycles. The first-order valence-electron chi connectivity index (χ1n) is 7.50. The Hall–Kier alpha value is -2.65. The van der Waals surface area contributed by atoms with Gasteiger partial charge in [-0.2, -0.15) is 0 Å². The van der Waals surface area contributed by atoms with Crippen LogP contribution in [0.15, 0.2) is 41.3 Å². The number of rotatable bonds is 5. The highest BCUT2D eigenvalue weighted by Gasteiger charge is 2.21. The van der Waals surface area contributed by atoms with Crippen LogP contribution >= 0.6 is 0 Å². The zero-order valence-electron chi connectivity index (χ0n) is 13.4. The largest absolute Gasteiger partial charge is 0.486 e. The van der Waals surface area contributed by atoms with Gasteiger partial charge in [0.05, 0.1) is 9.82 Å². The summed E-state index contributed by atoms with van der Waals surface area (Å²) in [7, 11) is -3.89. The van der Waals surface area contributed by atoms with Crippen molar-refractivity contribution in [3.63, 3.8) is 0 Å². The van der Waals surface area contributed by atoms with E-state index in [2.05, 4.69) is 4.72 Å². The molecular weight excluding hydrogens is 348 g/mol. The molecule has 0 saturated heterocycles. The van der Waals surface area contributed by atoms with Crippen molar-refractivity contribution >= 4 is 15.7 Å². The molecule has 0 aromatic heterocycles. The van der Waals surface area contributed by atoms with Crippen molar-refractivity contribution in [2.45, 2.75) is 18.4 Å². The lowest BCUT2D eigenvalue weighted by Crippen LogP contribution is -2.24. The number of ether oxygens (including phenoxy) is 2. The summed E-state index contributed by atoms with van der Waals surface area (Å²) in [4.78, 5) is 10.1. The number of hydrogen-bond donors (Lipinski definition) is 1. The topological polar surface area (TPSA) is 108 Å². The Morgan fingerprint density at radius 2 is 1.84 bits per heavy atom. The molecule has 2 aromatic carbocycles. The minimum absolute atomic E-state index is 0.0289. The van der Waals surface area contributed by atoms with Crippen molar-refractivity contribution in [2.75, 3.05) is 13.2 Å². The standard InChI is InChI=1S/C16H16N2O6S/c1-11-2-4-13(18(19)20)9-16(11)25(21,22)17-10-12-3-5-14-15(8-12)24-7-6-23-14/h2-5,8-9,17H,6-7,10H2,1H3.